The number of unbranched alkanes of at least 4 members (excludes halogenated alkanes) is 1. The molecule has 0 bridgehead atoms. The van der Waals surface area contributed by atoms with Crippen LogP contribution in [0.25, 0.3) is 0 Å². The van der Waals surface area contributed by atoms with Crippen LogP contribution in [0.2, 0.25) is 0 Å². The first-order valence-corrected chi connectivity index (χ1v) is 10.7. The number of carbonyl (C=O) groups is 2. The maximum Gasteiger partial charge on any atom is 0.342 e. The quantitative estimate of drug-likeness (QED) is 0.634. The Morgan fingerprint density at radius 3 is 2.59 bits per heavy atom. The van der Waals surface area contributed by atoms with E-state index >= 15 is 0 Å². The van der Waals surface area contributed by atoms with E-state index < -0.39 is 33.9 Å². The minimum atomic E-state index is -3.13. The lowest BCUT2D eigenvalue weighted by Crippen LogP contribution is -2.44. The maximum atomic E-state index is 12.6. The highest BCUT2D eigenvalue weighted by Crippen LogP contribution is 2.19. The zero-order chi connectivity index (χ0) is 20.2. The lowest BCUT2D eigenvalue weighted by atomic mass is 10.1. The van der Waals surface area contributed by atoms with E-state index in [-0.39, 0.29) is 28.9 Å². The number of hydrogen-bond donors (Lipinski definition) is 0. The third-order valence-corrected chi connectivity index (χ3v) is 6.34. The molecule has 2 rings (SSSR count). The van der Waals surface area contributed by atoms with E-state index in [0.29, 0.717) is 18.5 Å². The first-order chi connectivity index (χ1) is 12.6. The number of esters is 1. The number of amides is 1. The molecule has 0 radical (unpaired) electrons. The Kier molecular flexibility index (Phi) is 6.80. The van der Waals surface area contributed by atoms with Gasteiger partial charge >= 0.3 is 11.6 Å². The Bertz CT molecular complexity index is 846. The van der Waals surface area contributed by atoms with Crippen LogP contribution in [0.3, 0.4) is 0 Å². The average Bonchev–Trinajstić information content (AvgIpc) is 2.92. The second-order valence-electron chi connectivity index (χ2n) is 6.75. The van der Waals surface area contributed by atoms with Crippen molar-refractivity contribution in [1.82, 2.24) is 4.90 Å². The summed E-state index contributed by atoms with van der Waals surface area (Å²) in [5.74, 6) is -1.04. The van der Waals surface area contributed by atoms with Crippen molar-refractivity contribution in [2.75, 3.05) is 24.7 Å². The van der Waals surface area contributed by atoms with Crippen molar-refractivity contribution in [3.8, 4) is 0 Å². The molecule has 8 nitrogen and oxygen atoms in total. The van der Waals surface area contributed by atoms with Gasteiger partial charge in [0.25, 0.3) is 5.91 Å². The van der Waals surface area contributed by atoms with Gasteiger partial charge < -0.3 is 14.1 Å². The van der Waals surface area contributed by atoms with Crippen LogP contribution < -0.4 is 5.63 Å². The summed E-state index contributed by atoms with van der Waals surface area (Å²) in [6.45, 7) is 4.97. The third kappa shape index (κ3) is 5.41. The number of rotatable bonds is 7. The molecule has 2 heterocycles. The molecule has 1 amide bonds. The van der Waals surface area contributed by atoms with Crippen LogP contribution in [-0.4, -0.2) is 55.9 Å². The van der Waals surface area contributed by atoms with Crippen LogP contribution in [-0.2, 0) is 19.4 Å². The zero-order valence-corrected chi connectivity index (χ0v) is 16.6. The highest BCUT2D eigenvalue weighted by Gasteiger charge is 2.34. The standard InChI is InChI=1S/C18H25NO7S/c1-4-5-7-19(14-6-8-27(23,24)11-14)15(20)10-25-18(22)17-12(2)9-16(21)26-13(17)3/h9,14H,4-8,10-11H2,1-3H3. The van der Waals surface area contributed by atoms with Gasteiger partial charge in [0.2, 0.25) is 0 Å². The van der Waals surface area contributed by atoms with Gasteiger partial charge in [-0.3, -0.25) is 4.79 Å². The summed E-state index contributed by atoms with van der Waals surface area (Å²) in [7, 11) is -3.13. The van der Waals surface area contributed by atoms with Gasteiger partial charge in [-0.2, -0.15) is 0 Å². The molecular weight excluding hydrogens is 374 g/mol. The molecule has 1 atom stereocenters. The van der Waals surface area contributed by atoms with Crippen LogP contribution in [0.15, 0.2) is 15.3 Å². The Balaban J connectivity index is 2.07. The molecule has 1 unspecified atom stereocenters. The molecule has 9 heteroatoms. The number of ether oxygens (including phenoxy) is 1. The molecule has 1 aromatic heterocycles. The number of hydrogen-bond acceptors (Lipinski definition) is 7. The summed E-state index contributed by atoms with van der Waals surface area (Å²) in [6.07, 6.45) is 1.98. The zero-order valence-electron chi connectivity index (χ0n) is 15.8. The predicted octanol–water partition coefficient (Wildman–Crippen LogP) is 1.23. The molecule has 1 fully saturated rings. The van der Waals surface area contributed by atoms with Gasteiger partial charge in [0, 0.05) is 18.7 Å². The van der Waals surface area contributed by atoms with Gasteiger partial charge in [-0.1, -0.05) is 13.3 Å². The molecular formula is C18H25NO7S. The fourth-order valence-electron chi connectivity index (χ4n) is 3.21. The largest absolute Gasteiger partial charge is 0.452 e. The number of sulfone groups is 1. The van der Waals surface area contributed by atoms with Crippen molar-refractivity contribution in [2.24, 2.45) is 0 Å². The fraction of sp³-hybridized carbons (Fsp3) is 0.611. The molecule has 1 aliphatic rings. The molecule has 1 aliphatic heterocycles. The molecule has 0 aromatic carbocycles. The molecule has 0 spiro atoms. The Hall–Kier alpha value is -2.16. The van der Waals surface area contributed by atoms with Crippen molar-refractivity contribution < 1.29 is 27.2 Å². The smallest absolute Gasteiger partial charge is 0.342 e. The molecule has 27 heavy (non-hydrogen) atoms. The molecule has 0 saturated carbocycles. The van der Waals surface area contributed by atoms with E-state index in [9.17, 15) is 22.8 Å². The SMILES string of the molecule is CCCCN(C(=O)COC(=O)c1c(C)cc(=O)oc1C)C1CCS(=O)(=O)C1. The van der Waals surface area contributed by atoms with Crippen molar-refractivity contribution in [1.29, 1.82) is 0 Å². The maximum absolute atomic E-state index is 12.6. The van der Waals surface area contributed by atoms with E-state index in [1.165, 1.54) is 17.9 Å². The average molecular weight is 399 g/mol. The van der Waals surface area contributed by atoms with Crippen LogP contribution in [0, 0.1) is 13.8 Å². The first kappa shape index (κ1) is 21.1. The highest BCUT2D eigenvalue weighted by molar-refractivity contribution is 7.91. The van der Waals surface area contributed by atoms with Crippen LogP contribution in [0.4, 0.5) is 0 Å². The minimum Gasteiger partial charge on any atom is -0.452 e. The van der Waals surface area contributed by atoms with E-state index in [1.54, 1.807) is 6.92 Å². The Morgan fingerprint density at radius 1 is 1.33 bits per heavy atom. The van der Waals surface area contributed by atoms with E-state index in [4.69, 9.17) is 9.15 Å². The van der Waals surface area contributed by atoms with Gasteiger partial charge in [0.1, 0.15) is 11.3 Å². The molecule has 0 aliphatic carbocycles. The van der Waals surface area contributed by atoms with Gasteiger partial charge in [-0.25, -0.2) is 18.0 Å². The van der Waals surface area contributed by atoms with Crippen LogP contribution in [0.5, 0.6) is 0 Å². The van der Waals surface area contributed by atoms with Gasteiger partial charge in [-0.05, 0) is 32.3 Å². The second-order valence-corrected chi connectivity index (χ2v) is 8.98. The molecule has 1 aromatic rings. The van der Waals surface area contributed by atoms with Gasteiger partial charge in [0.15, 0.2) is 16.4 Å². The summed E-state index contributed by atoms with van der Waals surface area (Å²) >= 11 is 0. The van der Waals surface area contributed by atoms with Crippen LogP contribution >= 0.6 is 0 Å². The first-order valence-electron chi connectivity index (χ1n) is 8.93. The van der Waals surface area contributed by atoms with Crippen molar-refractivity contribution in [3.05, 3.63) is 33.4 Å². The number of aryl methyl sites for hydroxylation is 2. The third-order valence-electron chi connectivity index (χ3n) is 4.59. The van der Waals surface area contributed by atoms with E-state index in [2.05, 4.69) is 0 Å². The van der Waals surface area contributed by atoms with Gasteiger partial charge in [0.05, 0.1) is 11.5 Å². The van der Waals surface area contributed by atoms with Crippen molar-refractivity contribution in [3.63, 3.8) is 0 Å². The topological polar surface area (TPSA) is 111 Å². The second kappa shape index (κ2) is 8.69. The summed E-state index contributed by atoms with van der Waals surface area (Å²) < 4.78 is 33.5. The molecule has 0 N–H and O–H groups in total. The number of nitrogens with zero attached hydrogens (tertiary/aromatic N) is 1. The molecule has 150 valence electrons. The van der Waals surface area contributed by atoms with Crippen molar-refractivity contribution in [2.45, 2.75) is 46.1 Å². The van der Waals surface area contributed by atoms with E-state index in [0.717, 1.165) is 12.8 Å². The summed E-state index contributed by atoms with van der Waals surface area (Å²) in [4.78, 5) is 37.7. The van der Waals surface area contributed by atoms with Gasteiger partial charge in [-0.15, -0.1) is 0 Å². The molecule has 1 saturated heterocycles. The summed E-state index contributed by atoms with van der Waals surface area (Å²) in [6, 6.07) is 0.800. The Labute approximate surface area is 158 Å². The minimum absolute atomic E-state index is 0.0571. The Morgan fingerprint density at radius 2 is 2.04 bits per heavy atom. The van der Waals surface area contributed by atoms with E-state index in [1.807, 2.05) is 6.92 Å². The summed E-state index contributed by atoms with van der Waals surface area (Å²) in [5.41, 5.74) is -0.0392. The fourth-order valence-corrected chi connectivity index (χ4v) is 4.94. The number of carbonyl (C=O) groups excluding carboxylic acids is 2. The highest BCUT2D eigenvalue weighted by atomic mass is 32.2. The van der Waals surface area contributed by atoms with Crippen molar-refractivity contribution >= 4 is 21.7 Å². The lowest BCUT2D eigenvalue weighted by molar-refractivity contribution is -0.136. The van der Waals surface area contributed by atoms with Crippen LogP contribution in [0.1, 0.15) is 47.9 Å². The monoisotopic (exact) mass is 399 g/mol. The lowest BCUT2D eigenvalue weighted by Gasteiger charge is -2.28. The summed E-state index contributed by atoms with van der Waals surface area (Å²) in [5, 5.41) is 0. The predicted molar refractivity (Wildman–Crippen MR) is 98.4 cm³/mol. The normalized spacial score (nSPS) is 18.3.